The summed E-state index contributed by atoms with van der Waals surface area (Å²) in [4.78, 5) is 0. The maximum absolute atomic E-state index is 12.9. The molecule has 0 spiro atoms. The molecule has 3 heteroatoms. The second-order valence-electron chi connectivity index (χ2n) is 4.91. The zero-order chi connectivity index (χ0) is 13.8. The summed E-state index contributed by atoms with van der Waals surface area (Å²) in [6.07, 6.45) is 0.737. The fourth-order valence-electron chi connectivity index (χ4n) is 2.25. The summed E-state index contributed by atoms with van der Waals surface area (Å²) >= 11 is 0. The van der Waals surface area contributed by atoms with Crippen LogP contribution in [0, 0.1) is 19.7 Å². The average Bonchev–Trinajstić information content (AvgIpc) is 2.41. The molecule has 0 saturated carbocycles. The molecular formula is C16H19FN2. The van der Waals surface area contributed by atoms with Crippen LogP contribution in [0.5, 0.6) is 0 Å². The minimum absolute atomic E-state index is 0.0327. The van der Waals surface area contributed by atoms with Crippen LogP contribution in [0.25, 0.3) is 0 Å². The SMILES string of the molecule is Cc1ccc(C)c(C(Cc2ccc(F)cc2)NN)c1. The number of hydrogen-bond donors (Lipinski definition) is 2. The topological polar surface area (TPSA) is 38.0 Å². The van der Waals surface area contributed by atoms with Crippen LogP contribution in [0.15, 0.2) is 42.5 Å². The van der Waals surface area contributed by atoms with Crippen molar-refractivity contribution in [1.29, 1.82) is 0 Å². The first kappa shape index (κ1) is 13.7. The quantitative estimate of drug-likeness (QED) is 0.653. The van der Waals surface area contributed by atoms with E-state index in [2.05, 4.69) is 37.5 Å². The monoisotopic (exact) mass is 258 g/mol. The minimum Gasteiger partial charge on any atom is -0.271 e. The van der Waals surface area contributed by atoms with Gasteiger partial charge in [-0.05, 0) is 49.1 Å². The van der Waals surface area contributed by atoms with Gasteiger partial charge in [0.25, 0.3) is 0 Å². The van der Waals surface area contributed by atoms with Gasteiger partial charge in [-0.2, -0.15) is 0 Å². The zero-order valence-corrected chi connectivity index (χ0v) is 11.3. The van der Waals surface area contributed by atoms with E-state index in [0.29, 0.717) is 0 Å². The highest BCUT2D eigenvalue weighted by atomic mass is 19.1. The third-order valence-corrected chi connectivity index (χ3v) is 3.36. The van der Waals surface area contributed by atoms with Crippen molar-refractivity contribution < 1.29 is 4.39 Å². The van der Waals surface area contributed by atoms with Gasteiger partial charge in [0, 0.05) is 0 Å². The van der Waals surface area contributed by atoms with Crippen molar-refractivity contribution in [2.75, 3.05) is 0 Å². The third kappa shape index (κ3) is 3.40. The highest BCUT2D eigenvalue weighted by molar-refractivity contribution is 5.34. The molecule has 0 amide bonds. The van der Waals surface area contributed by atoms with Crippen molar-refractivity contribution in [2.45, 2.75) is 26.3 Å². The van der Waals surface area contributed by atoms with E-state index in [-0.39, 0.29) is 11.9 Å². The maximum atomic E-state index is 12.9. The van der Waals surface area contributed by atoms with E-state index >= 15 is 0 Å². The number of nitrogens with two attached hydrogens (primary N) is 1. The molecule has 100 valence electrons. The van der Waals surface area contributed by atoms with Crippen LogP contribution < -0.4 is 11.3 Å². The predicted molar refractivity (Wildman–Crippen MR) is 76.1 cm³/mol. The Morgan fingerprint density at radius 2 is 1.79 bits per heavy atom. The van der Waals surface area contributed by atoms with Gasteiger partial charge < -0.3 is 0 Å². The van der Waals surface area contributed by atoms with Gasteiger partial charge in [0.05, 0.1) is 6.04 Å². The molecule has 0 fully saturated rings. The highest BCUT2D eigenvalue weighted by Gasteiger charge is 2.13. The number of rotatable bonds is 4. The van der Waals surface area contributed by atoms with E-state index < -0.39 is 0 Å². The standard InChI is InChI=1S/C16H19FN2/c1-11-3-4-12(2)15(9-11)16(19-18)10-13-5-7-14(17)8-6-13/h3-9,16,19H,10,18H2,1-2H3. The van der Waals surface area contributed by atoms with E-state index in [4.69, 9.17) is 5.84 Å². The van der Waals surface area contributed by atoms with Crippen LogP contribution in [-0.4, -0.2) is 0 Å². The Kier molecular flexibility index (Phi) is 4.30. The van der Waals surface area contributed by atoms with Crippen LogP contribution in [0.2, 0.25) is 0 Å². The lowest BCUT2D eigenvalue weighted by Gasteiger charge is -2.19. The van der Waals surface area contributed by atoms with E-state index in [1.54, 1.807) is 12.1 Å². The fourth-order valence-corrected chi connectivity index (χ4v) is 2.25. The molecule has 0 radical (unpaired) electrons. The first-order chi connectivity index (χ1) is 9.10. The lowest BCUT2D eigenvalue weighted by molar-refractivity contribution is 0.548. The first-order valence-electron chi connectivity index (χ1n) is 6.38. The summed E-state index contributed by atoms with van der Waals surface area (Å²) in [6.45, 7) is 4.14. The van der Waals surface area contributed by atoms with Gasteiger partial charge in [-0.1, -0.05) is 35.9 Å². The van der Waals surface area contributed by atoms with Gasteiger partial charge in [-0.15, -0.1) is 0 Å². The van der Waals surface area contributed by atoms with Gasteiger partial charge in [-0.25, -0.2) is 4.39 Å². The van der Waals surface area contributed by atoms with Crippen molar-refractivity contribution in [3.05, 3.63) is 70.5 Å². The smallest absolute Gasteiger partial charge is 0.123 e. The Bertz CT molecular complexity index is 549. The Balaban J connectivity index is 2.24. The summed E-state index contributed by atoms with van der Waals surface area (Å²) in [5.74, 6) is 5.46. The molecule has 0 aliphatic carbocycles. The lowest BCUT2D eigenvalue weighted by Crippen LogP contribution is -2.30. The Labute approximate surface area is 113 Å². The molecule has 2 aromatic carbocycles. The summed E-state index contributed by atoms with van der Waals surface area (Å²) in [6, 6.07) is 12.9. The molecule has 0 heterocycles. The molecule has 0 aromatic heterocycles. The first-order valence-corrected chi connectivity index (χ1v) is 6.38. The van der Waals surface area contributed by atoms with Gasteiger partial charge in [-0.3, -0.25) is 11.3 Å². The van der Waals surface area contributed by atoms with Crippen molar-refractivity contribution in [3.8, 4) is 0 Å². The molecule has 1 unspecified atom stereocenters. The fraction of sp³-hybridized carbons (Fsp3) is 0.250. The Morgan fingerprint density at radius 3 is 2.42 bits per heavy atom. The molecule has 3 N–H and O–H groups in total. The van der Waals surface area contributed by atoms with Crippen LogP contribution >= 0.6 is 0 Å². The van der Waals surface area contributed by atoms with Crippen molar-refractivity contribution in [1.82, 2.24) is 5.43 Å². The second-order valence-corrected chi connectivity index (χ2v) is 4.91. The number of benzene rings is 2. The number of hydrazine groups is 1. The average molecular weight is 258 g/mol. The summed E-state index contributed by atoms with van der Waals surface area (Å²) < 4.78 is 12.9. The third-order valence-electron chi connectivity index (χ3n) is 3.36. The van der Waals surface area contributed by atoms with Crippen LogP contribution in [0.3, 0.4) is 0 Å². The second kappa shape index (κ2) is 5.95. The Hall–Kier alpha value is -1.71. The molecule has 2 nitrogen and oxygen atoms in total. The van der Waals surface area contributed by atoms with Crippen LogP contribution in [-0.2, 0) is 6.42 Å². The molecule has 0 aliphatic rings. The number of aryl methyl sites for hydroxylation is 2. The lowest BCUT2D eigenvalue weighted by atomic mass is 9.94. The van der Waals surface area contributed by atoms with E-state index in [0.717, 1.165) is 12.0 Å². The largest absolute Gasteiger partial charge is 0.271 e. The number of nitrogens with one attached hydrogen (secondary N) is 1. The number of hydrogen-bond acceptors (Lipinski definition) is 2. The molecule has 1 atom stereocenters. The zero-order valence-electron chi connectivity index (χ0n) is 11.3. The maximum Gasteiger partial charge on any atom is 0.123 e. The molecule has 2 rings (SSSR count). The minimum atomic E-state index is -0.215. The predicted octanol–water partition coefficient (Wildman–Crippen LogP) is 3.19. The van der Waals surface area contributed by atoms with Gasteiger partial charge in [0.1, 0.15) is 5.82 Å². The van der Waals surface area contributed by atoms with E-state index in [9.17, 15) is 4.39 Å². The van der Waals surface area contributed by atoms with Gasteiger partial charge in [0.15, 0.2) is 0 Å². The van der Waals surface area contributed by atoms with Crippen LogP contribution in [0.1, 0.15) is 28.3 Å². The van der Waals surface area contributed by atoms with Crippen LogP contribution in [0.4, 0.5) is 4.39 Å². The normalized spacial score (nSPS) is 12.4. The summed E-state index contributed by atoms with van der Waals surface area (Å²) in [7, 11) is 0. The van der Waals surface area contributed by atoms with Crippen molar-refractivity contribution >= 4 is 0 Å². The summed E-state index contributed by atoms with van der Waals surface area (Å²) in [5.41, 5.74) is 7.52. The molecule has 2 aromatic rings. The van der Waals surface area contributed by atoms with E-state index in [1.165, 1.54) is 28.8 Å². The molecular weight excluding hydrogens is 239 g/mol. The molecule has 0 bridgehead atoms. The van der Waals surface area contributed by atoms with Crippen molar-refractivity contribution in [2.24, 2.45) is 5.84 Å². The van der Waals surface area contributed by atoms with Crippen molar-refractivity contribution in [3.63, 3.8) is 0 Å². The molecule has 0 saturated heterocycles. The summed E-state index contributed by atoms with van der Waals surface area (Å²) in [5, 5.41) is 0. The molecule has 0 aliphatic heterocycles. The van der Waals surface area contributed by atoms with Gasteiger partial charge in [0.2, 0.25) is 0 Å². The highest BCUT2D eigenvalue weighted by Crippen LogP contribution is 2.22. The molecule has 19 heavy (non-hydrogen) atoms. The number of halogens is 1. The Morgan fingerprint density at radius 1 is 1.11 bits per heavy atom. The van der Waals surface area contributed by atoms with Gasteiger partial charge >= 0.3 is 0 Å². The van der Waals surface area contributed by atoms with E-state index in [1.807, 2.05) is 0 Å².